The zero-order valence-electron chi connectivity index (χ0n) is 23.2. The van der Waals surface area contributed by atoms with E-state index in [9.17, 15) is 9.59 Å². The number of unbranched alkanes of at least 4 members (excludes halogenated alkanes) is 5. The first-order chi connectivity index (χ1) is 18.0. The number of rotatable bonds is 12. The Labute approximate surface area is 223 Å². The standard InChI is InChI=1S/C29H41N3O3.CH4O/c1-4-6-7-8-9-12-23-35-27-14-11-10-13-26(27)28(33)30-25-17-15-24(16-18-25)29(34)31-19-21-32(3,5-2)22-20-31;1-2/h10-11,13-18H,4-9,12,19-23H2,1-3H3;2H,1H3/p+1. The molecule has 1 aliphatic rings. The fourth-order valence-electron chi connectivity index (χ4n) is 4.39. The van der Waals surface area contributed by atoms with Gasteiger partial charge in [-0.05, 0) is 49.7 Å². The Morgan fingerprint density at radius 1 is 0.919 bits per heavy atom. The van der Waals surface area contributed by atoms with Crippen molar-refractivity contribution in [1.29, 1.82) is 0 Å². The van der Waals surface area contributed by atoms with Gasteiger partial charge in [0, 0.05) is 18.4 Å². The van der Waals surface area contributed by atoms with Crippen LogP contribution in [-0.4, -0.2) is 79.8 Å². The molecule has 3 rings (SSSR count). The van der Waals surface area contributed by atoms with Crippen molar-refractivity contribution < 1.29 is 23.9 Å². The SMILES string of the molecule is CCCCCCCCOc1ccccc1C(=O)Nc1ccc(C(=O)N2CC[N+](C)(CC)CC2)cc1.CO. The van der Waals surface area contributed by atoms with Gasteiger partial charge in [-0.25, -0.2) is 0 Å². The Bertz CT molecular complexity index is 954. The van der Waals surface area contributed by atoms with Crippen molar-refractivity contribution in [1.82, 2.24) is 4.90 Å². The second kappa shape index (κ2) is 16.0. The predicted molar refractivity (Wildman–Crippen MR) is 150 cm³/mol. The topological polar surface area (TPSA) is 78.9 Å². The Kier molecular flexibility index (Phi) is 13.2. The van der Waals surface area contributed by atoms with Gasteiger partial charge in [0.2, 0.25) is 0 Å². The summed E-state index contributed by atoms with van der Waals surface area (Å²) in [4.78, 5) is 27.8. The number of amides is 2. The molecular weight excluding hydrogens is 466 g/mol. The van der Waals surface area contributed by atoms with Gasteiger partial charge in [-0.15, -0.1) is 0 Å². The average molecular weight is 513 g/mol. The average Bonchev–Trinajstić information content (AvgIpc) is 2.94. The summed E-state index contributed by atoms with van der Waals surface area (Å²) in [7, 11) is 3.25. The minimum absolute atomic E-state index is 0.0543. The number of nitrogens with one attached hydrogen (secondary N) is 1. The molecule has 1 heterocycles. The quantitative estimate of drug-likeness (QED) is 0.302. The zero-order valence-corrected chi connectivity index (χ0v) is 23.2. The summed E-state index contributed by atoms with van der Waals surface area (Å²) in [6.07, 6.45) is 7.17. The number of ether oxygens (including phenoxy) is 1. The minimum Gasteiger partial charge on any atom is -0.493 e. The first-order valence-corrected chi connectivity index (χ1v) is 13.7. The molecule has 0 radical (unpaired) electrons. The van der Waals surface area contributed by atoms with E-state index >= 15 is 0 Å². The van der Waals surface area contributed by atoms with E-state index in [1.807, 2.05) is 23.1 Å². The molecule has 7 heteroatoms. The summed E-state index contributed by atoms with van der Waals surface area (Å²) in [6.45, 7) is 9.63. The summed E-state index contributed by atoms with van der Waals surface area (Å²) >= 11 is 0. The van der Waals surface area contributed by atoms with Crippen LogP contribution in [0.2, 0.25) is 0 Å². The number of aliphatic hydroxyl groups is 1. The molecule has 0 saturated carbocycles. The monoisotopic (exact) mass is 512 g/mol. The number of piperazine rings is 1. The first-order valence-electron chi connectivity index (χ1n) is 13.7. The van der Waals surface area contributed by atoms with Gasteiger partial charge < -0.3 is 24.5 Å². The lowest BCUT2D eigenvalue weighted by Crippen LogP contribution is -2.58. The maximum Gasteiger partial charge on any atom is 0.259 e. The number of carbonyl (C=O) groups excluding carboxylic acids is 2. The number of hydrogen-bond donors (Lipinski definition) is 2. The Morgan fingerprint density at radius 2 is 1.54 bits per heavy atom. The number of likely N-dealkylation sites (N-methyl/N-ethyl adjacent to an activating group) is 1. The molecule has 2 N–H and O–H groups in total. The van der Waals surface area contributed by atoms with Crippen molar-refractivity contribution >= 4 is 17.5 Å². The molecule has 1 fully saturated rings. The minimum atomic E-state index is -0.213. The zero-order chi connectivity index (χ0) is 27.1. The smallest absolute Gasteiger partial charge is 0.259 e. The van der Waals surface area contributed by atoms with Gasteiger partial charge in [0.15, 0.2) is 0 Å². The fourth-order valence-corrected chi connectivity index (χ4v) is 4.39. The number of carbonyl (C=O) groups is 2. The molecule has 0 aliphatic carbocycles. The second-order valence-electron chi connectivity index (χ2n) is 9.82. The first kappa shape index (κ1) is 30.3. The maximum absolute atomic E-state index is 12.9. The van der Waals surface area contributed by atoms with E-state index in [-0.39, 0.29) is 11.8 Å². The van der Waals surface area contributed by atoms with Crippen LogP contribution in [0.5, 0.6) is 5.75 Å². The highest BCUT2D eigenvalue weighted by molar-refractivity contribution is 6.06. The van der Waals surface area contributed by atoms with E-state index in [1.165, 1.54) is 25.7 Å². The molecule has 204 valence electrons. The van der Waals surface area contributed by atoms with Gasteiger partial charge in [0.1, 0.15) is 5.75 Å². The number of hydrogen-bond acceptors (Lipinski definition) is 4. The molecule has 2 aromatic rings. The van der Waals surface area contributed by atoms with E-state index < -0.39 is 0 Å². The van der Waals surface area contributed by atoms with Crippen molar-refractivity contribution in [2.45, 2.75) is 52.4 Å². The van der Waals surface area contributed by atoms with Crippen molar-refractivity contribution in [3.8, 4) is 5.75 Å². The molecule has 0 atom stereocenters. The van der Waals surface area contributed by atoms with Crippen LogP contribution in [0.4, 0.5) is 5.69 Å². The van der Waals surface area contributed by atoms with Crippen LogP contribution < -0.4 is 10.1 Å². The molecule has 37 heavy (non-hydrogen) atoms. The Morgan fingerprint density at radius 3 is 2.19 bits per heavy atom. The largest absolute Gasteiger partial charge is 0.493 e. The summed E-state index contributed by atoms with van der Waals surface area (Å²) in [5.41, 5.74) is 1.83. The molecule has 0 spiro atoms. The van der Waals surface area contributed by atoms with Crippen LogP contribution >= 0.6 is 0 Å². The van der Waals surface area contributed by atoms with Gasteiger partial charge in [0.05, 0.1) is 51.9 Å². The van der Waals surface area contributed by atoms with Crippen molar-refractivity contribution in [3.05, 3.63) is 59.7 Å². The van der Waals surface area contributed by atoms with Crippen molar-refractivity contribution in [3.63, 3.8) is 0 Å². The van der Waals surface area contributed by atoms with Crippen LogP contribution in [0, 0.1) is 0 Å². The Hall–Kier alpha value is -2.90. The summed E-state index contributed by atoms with van der Waals surface area (Å²) < 4.78 is 6.94. The summed E-state index contributed by atoms with van der Waals surface area (Å²) in [5.74, 6) is 0.446. The van der Waals surface area contributed by atoms with Gasteiger partial charge in [-0.1, -0.05) is 51.2 Å². The van der Waals surface area contributed by atoms with Crippen LogP contribution in [0.3, 0.4) is 0 Å². The van der Waals surface area contributed by atoms with Gasteiger partial charge in [-0.3, -0.25) is 9.59 Å². The molecule has 2 aromatic carbocycles. The number of aliphatic hydroxyl groups excluding tert-OH is 1. The lowest BCUT2D eigenvalue weighted by Gasteiger charge is -2.41. The molecule has 1 saturated heterocycles. The maximum atomic E-state index is 12.9. The van der Waals surface area contributed by atoms with E-state index in [4.69, 9.17) is 9.84 Å². The molecule has 2 amide bonds. The van der Waals surface area contributed by atoms with E-state index in [2.05, 4.69) is 26.2 Å². The van der Waals surface area contributed by atoms with Crippen LogP contribution in [-0.2, 0) is 0 Å². The second-order valence-corrected chi connectivity index (χ2v) is 9.82. The molecule has 0 unspecified atom stereocenters. The molecular formula is C30H46N3O4+. The summed E-state index contributed by atoms with van der Waals surface area (Å²) in [5, 5.41) is 9.94. The fraction of sp³-hybridized carbons (Fsp3) is 0.533. The number of anilines is 1. The van der Waals surface area contributed by atoms with Gasteiger partial charge >= 0.3 is 0 Å². The lowest BCUT2D eigenvalue weighted by atomic mass is 10.1. The molecule has 0 aromatic heterocycles. The molecule has 0 bridgehead atoms. The van der Waals surface area contributed by atoms with Crippen molar-refractivity contribution in [2.75, 3.05) is 58.8 Å². The third-order valence-corrected chi connectivity index (χ3v) is 7.15. The molecule has 7 nitrogen and oxygen atoms in total. The lowest BCUT2D eigenvalue weighted by molar-refractivity contribution is -0.911. The van der Waals surface area contributed by atoms with Crippen LogP contribution in [0.25, 0.3) is 0 Å². The third kappa shape index (κ3) is 9.48. The van der Waals surface area contributed by atoms with E-state index in [1.54, 1.807) is 30.3 Å². The number of nitrogens with zero attached hydrogens (tertiary/aromatic N) is 2. The Balaban J connectivity index is 0.00000235. The van der Waals surface area contributed by atoms with E-state index in [0.717, 1.165) is 57.2 Å². The highest BCUT2D eigenvalue weighted by Gasteiger charge is 2.29. The highest BCUT2D eigenvalue weighted by atomic mass is 16.5. The van der Waals surface area contributed by atoms with Gasteiger partial charge in [-0.2, -0.15) is 0 Å². The van der Waals surface area contributed by atoms with E-state index in [0.29, 0.717) is 29.2 Å². The predicted octanol–water partition coefficient (Wildman–Crippen LogP) is 5.21. The van der Waals surface area contributed by atoms with Crippen molar-refractivity contribution in [2.24, 2.45) is 0 Å². The summed E-state index contributed by atoms with van der Waals surface area (Å²) in [6, 6.07) is 14.5. The highest BCUT2D eigenvalue weighted by Crippen LogP contribution is 2.21. The van der Waals surface area contributed by atoms with Gasteiger partial charge in [0.25, 0.3) is 11.8 Å². The number of benzene rings is 2. The number of para-hydroxylation sites is 1. The third-order valence-electron chi connectivity index (χ3n) is 7.15. The number of quaternary nitrogens is 1. The molecule has 1 aliphatic heterocycles. The van der Waals surface area contributed by atoms with Crippen LogP contribution in [0.15, 0.2) is 48.5 Å². The van der Waals surface area contributed by atoms with Crippen LogP contribution in [0.1, 0.15) is 73.1 Å². The normalized spacial score (nSPS) is 14.4.